The number of carboxylic acid groups (broad SMARTS) is 1. The van der Waals surface area contributed by atoms with Crippen molar-refractivity contribution in [2.45, 2.75) is 60.1 Å². The molecule has 2 rings (SSSR count). The van der Waals surface area contributed by atoms with Crippen LogP contribution in [0, 0.1) is 0 Å². The molecule has 8 nitrogen and oxygen atoms in total. The molecule has 1 fully saturated rings. The van der Waals surface area contributed by atoms with Gasteiger partial charge in [-0.15, -0.1) is 0 Å². The number of carbonyl (C=O) groups is 1. The molecule has 5 N–H and O–H groups in total. The Morgan fingerprint density at radius 2 is 1.97 bits per heavy atom. The van der Waals surface area contributed by atoms with E-state index in [1.807, 2.05) is 46.8 Å². The highest BCUT2D eigenvalue weighted by Crippen LogP contribution is 2.26. The minimum atomic E-state index is -0.771. The molecule has 1 saturated heterocycles. The number of methoxy groups -OCH3 is 1. The molecule has 1 unspecified atom stereocenters. The van der Waals surface area contributed by atoms with E-state index in [-0.39, 0.29) is 6.47 Å². The van der Waals surface area contributed by atoms with Gasteiger partial charge in [0.25, 0.3) is 6.47 Å². The van der Waals surface area contributed by atoms with Gasteiger partial charge in [0.15, 0.2) is 0 Å². The van der Waals surface area contributed by atoms with Crippen LogP contribution in [-0.4, -0.2) is 61.6 Å². The van der Waals surface area contributed by atoms with Crippen molar-refractivity contribution in [1.29, 1.82) is 0 Å². The molecule has 1 aromatic heterocycles. The van der Waals surface area contributed by atoms with Crippen molar-refractivity contribution < 1.29 is 19.0 Å². The zero-order chi connectivity index (χ0) is 24.4. The summed E-state index contributed by atoms with van der Waals surface area (Å²) in [6.07, 6.45) is 1.49. The van der Waals surface area contributed by atoms with Crippen molar-refractivity contribution in [2.75, 3.05) is 38.8 Å². The first-order valence-corrected chi connectivity index (χ1v) is 10.8. The highest BCUT2D eigenvalue weighted by atomic mass is 19.1. The lowest BCUT2D eigenvalue weighted by atomic mass is 10.1. The molecule has 180 valence electrons. The third-order valence-electron chi connectivity index (χ3n) is 4.28. The number of aryl methyl sites for hydroxylation is 1. The average Bonchev–Trinajstić information content (AvgIpc) is 2.79. The number of hydrogen-bond acceptors (Lipinski definition) is 7. The number of alkyl halides is 1. The number of hydrogen-bond donors (Lipinski definition) is 3. The molecule has 1 aliphatic heterocycles. The van der Waals surface area contributed by atoms with Crippen LogP contribution in [0.15, 0.2) is 17.8 Å². The Kier molecular flexibility index (Phi) is 18.3. The van der Waals surface area contributed by atoms with Gasteiger partial charge < -0.3 is 25.5 Å². The normalized spacial score (nSPS) is 15.6. The number of pyridine rings is 1. The summed E-state index contributed by atoms with van der Waals surface area (Å²) in [5.41, 5.74) is 9.97. The van der Waals surface area contributed by atoms with Crippen LogP contribution in [0.5, 0.6) is 0 Å². The smallest absolute Gasteiger partial charge is 0.290 e. The van der Waals surface area contributed by atoms with Crippen LogP contribution < -0.4 is 16.5 Å². The number of halogens is 1. The Balaban J connectivity index is 0. The maximum atomic E-state index is 13.7. The zero-order valence-electron chi connectivity index (χ0n) is 20.2. The fourth-order valence-corrected chi connectivity index (χ4v) is 2.99. The van der Waals surface area contributed by atoms with E-state index in [0.29, 0.717) is 36.7 Å². The number of nitrogens with zero attached hydrogens (tertiary/aromatic N) is 3. The second kappa shape index (κ2) is 18.4. The van der Waals surface area contributed by atoms with Crippen molar-refractivity contribution in [3.05, 3.63) is 29.2 Å². The number of rotatable bonds is 6. The zero-order valence-corrected chi connectivity index (χ0v) is 20.2. The van der Waals surface area contributed by atoms with E-state index in [1.165, 1.54) is 5.01 Å². The predicted octanol–water partition coefficient (Wildman–Crippen LogP) is 3.41. The molecule has 2 heterocycles. The molecule has 0 radical (unpaired) electrons. The van der Waals surface area contributed by atoms with Gasteiger partial charge in [-0.3, -0.25) is 4.79 Å². The molecule has 31 heavy (non-hydrogen) atoms. The Morgan fingerprint density at radius 3 is 2.42 bits per heavy atom. The Labute approximate surface area is 187 Å². The molecule has 0 aliphatic carbocycles. The summed E-state index contributed by atoms with van der Waals surface area (Å²) in [5.74, 6) is 5.83. The van der Waals surface area contributed by atoms with E-state index in [0.717, 1.165) is 30.8 Å². The van der Waals surface area contributed by atoms with E-state index in [1.54, 1.807) is 14.2 Å². The summed E-state index contributed by atoms with van der Waals surface area (Å²) in [4.78, 5) is 15.1. The summed E-state index contributed by atoms with van der Waals surface area (Å²) < 4.78 is 18.9. The number of ether oxygens (including phenoxy) is 1. The van der Waals surface area contributed by atoms with Crippen LogP contribution in [-0.2, 0) is 16.0 Å². The summed E-state index contributed by atoms with van der Waals surface area (Å²) >= 11 is 0. The van der Waals surface area contributed by atoms with Gasteiger partial charge in [0.2, 0.25) is 0 Å². The van der Waals surface area contributed by atoms with Crippen LogP contribution in [0.4, 0.5) is 10.1 Å². The van der Waals surface area contributed by atoms with Gasteiger partial charge in [0.1, 0.15) is 6.17 Å². The van der Waals surface area contributed by atoms with Crippen LogP contribution >= 0.6 is 0 Å². The molecule has 1 aliphatic rings. The number of piperidine rings is 1. The number of hydrazine groups is 1. The summed E-state index contributed by atoms with van der Waals surface area (Å²) in [5, 5.41) is 8.33. The van der Waals surface area contributed by atoms with E-state index in [9.17, 15) is 4.39 Å². The number of aromatic nitrogens is 1. The average molecular weight is 444 g/mol. The van der Waals surface area contributed by atoms with Gasteiger partial charge >= 0.3 is 0 Å². The second-order valence-electron chi connectivity index (χ2n) is 6.21. The highest BCUT2D eigenvalue weighted by Gasteiger charge is 2.22. The quantitative estimate of drug-likeness (QED) is 0.348. The Bertz CT molecular complexity index is 642. The largest absolute Gasteiger partial charge is 0.483 e. The lowest BCUT2D eigenvalue weighted by molar-refractivity contribution is -0.122. The minimum Gasteiger partial charge on any atom is -0.483 e. The van der Waals surface area contributed by atoms with Crippen molar-refractivity contribution >= 4 is 17.9 Å². The molecule has 1 aromatic rings. The molecular weight excluding hydrogens is 401 g/mol. The summed E-state index contributed by atoms with van der Waals surface area (Å²) in [7, 11) is 3.31. The van der Waals surface area contributed by atoms with Gasteiger partial charge in [0, 0.05) is 27.2 Å². The van der Waals surface area contributed by atoms with Crippen molar-refractivity contribution in [2.24, 2.45) is 11.6 Å². The first kappa shape index (κ1) is 30.8. The third kappa shape index (κ3) is 10.5. The summed E-state index contributed by atoms with van der Waals surface area (Å²) in [6, 6.07) is 3.85. The van der Waals surface area contributed by atoms with E-state index >= 15 is 0 Å². The van der Waals surface area contributed by atoms with Crippen molar-refractivity contribution in [3.63, 3.8) is 0 Å². The van der Waals surface area contributed by atoms with Crippen molar-refractivity contribution in [3.8, 4) is 0 Å². The Hall–Kier alpha value is -2.39. The topological polar surface area (TPSA) is 118 Å². The third-order valence-corrected chi connectivity index (χ3v) is 4.28. The second-order valence-corrected chi connectivity index (χ2v) is 6.21. The standard InChI is InChI=1S/C17H28FN5O.2C2H6.CH2O2/c1-4-13-15(23-9-5-6-12(18)10-23)8-7-14(21-13)17(19)16(11-24-3)22(2)20;2*1-2;2-1-3/h7-8,12H,4-6,9-11,19-20H2,1-3H3;2*1-2H3;1H,(H,2,3)/b17-16-;;;. The predicted molar refractivity (Wildman–Crippen MR) is 126 cm³/mol. The number of nitrogens with two attached hydrogens (primary N) is 2. The summed E-state index contributed by atoms with van der Waals surface area (Å²) in [6.45, 7) is 11.4. The highest BCUT2D eigenvalue weighted by molar-refractivity contribution is 5.65. The first-order valence-electron chi connectivity index (χ1n) is 10.8. The van der Waals surface area contributed by atoms with Crippen LogP contribution in [0.2, 0.25) is 0 Å². The Morgan fingerprint density at radius 1 is 1.39 bits per heavy atom. The van der Waals surface area contributed by atoms with Gasteiger partial charge in [-0.05, 0) is 31.4 Å². The van der Waals surface area contributed by atoms with Crippen LogP contribution in [0.1, 0.15) is 58.8 Å². The maximum absolute atomic E-state index is 13.7. The van der Waals surface area contributed by atoms with E-state index < -0.39 is 6.17 Å². The SMILES string of the molecule is CC.CC.CCc1nc(/C(N)=C(\COC)N(C)N)ccc1N1CCCC(F)C1.O=CO. The molecule has 0 amide bonds. The number of anilines is 1. The fraction of sp³-hybridized carbons (Fsp3) is 0.636. The minimum absolute atomic E-state index is 0.250. The van der Waals surface area contributed by atoms with Gasteiger partial charge in [-0.2, -0.15) is 0 Å². The van der Waals surface area contributed by atoms with E-state index in [2.05, 4.69) is 4.90 Å². The lowest BCUT2D eigenvalue weighted by Gasteiger charge is -2.32. The molecule has 9 heteroatoms. The maximum Gasteiger partial charge on any atom is 0.290 e. The van der Waals surface area contributed by atoms with Crippen molar-refractivity contribution in [1.82, 2.24) is 9.99 Å². The molecule has 0 saturated carbocycles. The van der Waals surface area contributed by atoms with Gasteiger partial charge in [-0.25, -0.2) is 15.2 Å². The fourth-order valence-electron chi connectivity index (χ4n) is 2.99. The van der Waals surface area contributed by atoms with Crippen LogP contribution in [0.3, 0.4) is 0 Å². The first-order chi connectivity index (χ1) is 14.9. The molecule has 0 spiro atoms. The molecule has 1 atom stereocenters. The monoisotopic (exact) mass is 443 g/mol. The molecule has 0 aromatic carbocycles. The van der Waals surface area contributed by atoms with Crippen LogP contribution in [0.25, 0.3) is 5.70 Å². The lowest BCUT2D eigenvalue weighted by Crippen LogP contribution is -2.37. The molecule has 0 bridgehead atoms. The van der Waals surface area contributed by atoms with E-state index in [4.69, 9.17) is 31.2 Å². The van der Waals surface area contributed by atoms with Gasteiger partial charge in [0.05, 0.1) is 35.1 Å². The number of likely N-dealkylation sites (N-methyl/N-ethyl adjacent to an activating group) is 1. The van der Waals surface area contributed by atoms with Gasteiger partial charge in [-0.1, -0.05) is 34.6 Å². The molecular formula is C22H42FN5O3.